The molecular weight excluding hydrogens is 248 g/mol. The summed E-state index contributed by atoms with van der Waals surface area (Å²) in [6.07, 6.45) is 1.85. The van der Waals surface area contributed by atoms with E-state index < -0.39 is 0 Å². The SMILES string of the molecule is Cc1ccc(CCc2nc(C#N)c3n2CCNC3)cc1. The number of nitriles is 1. The van der Waals surface area contributed by atoms with Crippen LogP contribution in [0.3, 0.4) is 0 Å². The van der Waals surface area contributed by atoms with Gasteiger partial charge in [0.2, 0.25) is 0 Å². The van der Waals surface area contributed by atoms with E-state index in [1.165, 1.54) is 11.1 Å². The van der Waals surface area contributed by atoms with Crippen molar-refractivity contribution in [1.82, 2.24) is 14.9 Å². The van der Waals surface area contributed by atoms with Crippen molar-refractivity contribution in [3.8, 4) is 6.07 Å². The van der Waals surface area contributed by atoms with Gasteiger partial charge < -0.3 is 9.88 Å². The summed E-state index contributed by atoms with van der Waals surface area (Å²) in [4.78, 5) is 4.50. The van der Waals surface area contributed by atoms with Crippen molar-refractivity contribution in [3.63, 3.8) is 0 Å². The fourth-order valence-corrected chi connectivity index (χ4v) is 2.67. The molecule has 0 bridgehead atoms. The highest BCUT2D eigenvalue weighted by Gasteiger charge is 2.19. The fourth-order valence-electron chi connectivity index (χ4n) is 2.67. The van der Waals surface area contributed by atoms with Gasteiger partial charge in [0.05, 0.1) is 5.69 Å². The van der Waals surface area contributed by atoms with Gasteiger partial charge in [0, 0.05) is 26.1 Å². The summed E-state index contributed by atoms with van der Waals surface area (Å²) in [5.74, 6) is 1.04. The standard InChI is InChI=1S/C16H18N4/c1-12-2-4-13(5-3-12)6-7-16-19-14(10-17)15-11-18-8-9-20(15)16/h2-5,18H,6-9,11H2,1H3. The number of hydrogen-bond acceptors (Lipinski definition) is 3. The Labute approximate surface area is 119 Å². The summed E-state index contributed by atoms with van der Waals surface area (Å²) < 4.78 is 2.21. The summed E-state index contributed by atoms with van der Waals surface area (Å²) in [5.41, 5.74) is 4.22. The Morgan fingerprint density at radius 3 is 2.85 bits per heavy atom. The van der Waals surface area contributed by atoms with Crippen LogP contribution in [-0.2, 0) is 25.9 Å². The van der Waals surface area contributed by atoms with Crippen LogP contribution in [-0.4, -0.2) is 16.1 Å². The van der Waals surface area contributed by atoms with Gasteiger partial charge in [-0.1, -0.05) is 29.8 Å². The van der Waals surface area contributed by atoms with Gasteiger partial charge in [0.25, 0.3) is 0 Å². The first kappa shape index (κ1) is 12.9. The molecule has 0 unspecified atom stereocenters. The zero-order chi connectivity index (χ0) is 13.9. The quantitative estimate of drug-likeness (QED) is 0.924. The highest BCUT2D eigenvalue weighted by molar-refractivity contribution is 5.30. The topological polar surface area (TPSA) is 53.6 Å². The summed E-state index contributed by atoms with van der Waals surface area (Å²) in [7, 11) is 0. The number of aromatic nitrogens is 2. The summed E-state index contributed by atoms with van der Waals surface area (Å²) >= 11 is 0. The average Bonchev–Trinajstić information content (AvgIpc) is 2.85. The van der Waals surface area contributed by atoms with Gasteiger partial charge in [-0.15, -0.1) is 0 Å². The number of rotatable bonds is 3. The lowest BCUT2D eigenvalue weighted by Gasteiger charge is -2.17. The molecule has 0 spiro atoms. The van der Waals surface area contributed by atoms with E-state index in [-0.39, 0.29) is 0 Å². The molecule has 0 amide bonds. The van der Waals surface area contributed by atoms with Gasteiger partial charge in [0.15, 0.2) is 5.69 Å². The van der Waals surface area contributed by atoms with Gasteiger partial charge >= 0.3 is 0 Å². The second-order valence-electron chi connectivity index (χ2n) is 5.25. The third-order valence-electron chi connectivity index (χ3n) is 3.82. The second kappa shape index (κ2) is 5.48. The molecule has 4 heteroatoms. The Morgan fingerprint density at radius 2 is 2.10 bits per heavy atom. The lowest BCUT2D eigenvalue weighted by Crippen LogP contribution is -2.29. The minimum Gasteiger partial charge on any atom is -0.328 e. The molecule has 0 saturated heterocycles. The number of imidazole rings is 1. The molecule has 3 rings (SSSR count). The highest BCUT2D eigenvalue weighted by atomic mass is 15.2. The largest absolute Gasteiger partial charge is 0.328 e. The number of nitrogens with zero attached hydrogens (tertiary/aromatic N) is 3. The Kier molecular flexibility index (Phi) is 3.53. The Hall–Kier alpha value is -2.12. The first-order chi connectivity index (χ1) is 9.78. The molecule has 1 aliphatic heterocycles. The molecule has 102 valence electrons. The first-order valence-electron chi connectivity index (χ1n) is 7.02. The van der Waals surface area contributed by atoms with Gasteiger partial charge in [-0.2, -0.15) is 5.26 Å². The van der Waals surface area contributed by atoms with Crippen LogP contribution in [0.4, 0.5) is 0 Å². The van der Waals surface area contributed by atoms with Crippen LogP contribution in [0.1, 0.15) is 28.3 Å². The van der Waals surface area contributed by atoms with Crippen molar-refractivity contribution in [2.45, 2.75) is 32.9 Å². The van der Waals surface area contributed by atoms with E-state index in [4.69, 9.17) is 5.26 Å². The van der Waals surface area contributed by atoms with Gasteiger partial charge in [-0.05, 0) is 18.9 Å². The third-order valence-corrected chi connectivity index (χ3v) is 3.82. The number of aryl methyl sites for hydroxylation is 3. The number of nitrogens with one attached hydrogen (secondary N) is 1. The molecule has 0 atom stereocenters. The van der Waals surface area contributed by atoms with Crippen LogP contribution < -0.4 is 5.32 Å². The number of benzene rings is 1. The van der Waals surface area contributed by atoms with Gasteiger partial charge in [-0.25, -0.2) is 4.98 Å². The number of fused-ring (bicyclic) bond motifs is 1. The highest BCUT2D eigenvalue weighted by Crippen LogP contribution is 2.16. The predicted molar refractivity (Wildman–Crippen MR) is 77.2 cm³/mol. The monoisotopic (exact) mass is 266 g/mol. The molecule has 0 saturated carbocycles. The van der Waals surface area contributed by atoms with Crippen molar-refractivity contribution in [2.24, 2.45) is 0 Å². The number of hydrogen-bond donors (Lipinski definition) is 1. The van der Waals surface area contributed by atoms with Crippen molar-refractivity contribution in [3.05, 3.63) is 52.6 Å². The lowest BCUT2D eigenvalue weighted by molar-refractivity contribution is 0.500. The average molecular weight is 266 g/mol. The molecule has 1 N–H and O–H groups in total. The molecule has 0 aliphatic carbocycles. The summed E-state index contributed by atoms with van der Waals surface area (Å²) in [5, 5.41) is 12.5. The third kappa shape index (κ3) is 2.45. The minimum atomic E-state index is 0.580. The Balaban J connectivity index is 1.79. The molecule has 1 aliphatic rings. The molecule has 2 heterocycles. The van der Waals surface area contributed by atoms with Crippen molar-refractivity contribution >= 4 is 0 Å². The summed E-state index contributed by atoms with van der Waals surface area (Å²) in [6.45, 7) is 4.71. The zero-order valence-corrected chi connectivity index (χ0v) is 11.7. The van der Waals surface area contributed by atoms with Crippen molar-refractivity contribution in [2.75, 3.05) is 6.54 Å². The molecule has 2 aromatic rings. The van der Waals surface area contributed by atoms with Crippen LogP contribution in [0.25, 0.3) is 0 Å². The smallest absolute Gasteiger partial charge is 0.163 e. The minimum absolute atomic E-state index is 0.580. The van der Waals surface area contributed by atoms with E-state index in [1.807, 2.05) is 0 Å². The van der Waals surface area contributed by atoms with E-state index in [9.17, 15) is 0 Å². The van der Waals surface area contributed by atoms with Gasteiger partial charge in [0.1, 0.15) is 11.9 Å². The maximum absolute atomic E-state index is 9.17. The van der Waals surface area contributed by atoms with E-state index in [1.54, 1.807) is 0 Å². The first-order valence-corrected chi connectivity index (χ1v) is 7.02. The molecule has 1 aromatic carbocycles. The Bertz CT molecular complexity index is 646. The van der Waals surface area contributed by atoms with E-state index >= 15 is 0 Å². The van der Waals surface area contributed by atoms with E-state index in [2.05, 4.69) is 52.1 Å². The van der Waals surface area contributed by atoms with Crippen LogP contribution in [0.15, 0.2) is 24.3 Å². The summed E-state index contributed by atoms with van der Waals surface area (Å²) in [6, 6.07) is 10.8. The predicted octanol–water partition coefficient (Wildman–Crippen LogP) is 1.95. The Morgan fingerprint density at radius 1 is 1.30 bits per heavy atom. The molecule has 0 fully saturated rings. The maximum atomic E-state index is 9.17. The van der Waals surface area contributed by atoms with Gasteiger partial charge in [-0.3, -0.25) is 0 Å². The normalized spacial score (nSPS) is 13.8. The van der Waals surface area contributed by atoms with Crippen molar-refractivity contribution < 1.29 is 0 Å². The molecule has 4 nitrogen and oxygen atoms in total. The molecule has 0 radical (unpaired) electrons. The van der Waals surface area contributed by atoms with Crippen molar-refractivity contribution in [1.29, 1.82) is 5.26 Å². The maximum Gasteiger partial charge on any atom is 0.163 e. The van der Waals surface area contributed by atoms with Crippen LogP contribution >= 0.6 is 0 Å². The van der Waals surface area contributed by atoms with Crippen LogP contribution in [0.5, 0.6) is 0 Å². The van der Waals surface area contributed by atoms with Crippen LogP contribution in [0.2, 0.25) is 0 Å². The van der Waals surface area contributed by atoms with E-state index in [0.717, 1.165) is 44.0 Å². The molecule has 20 heavy (non-hydrogen) atoms. The van der Waals surface area contributed by atoms with Crippen LogP contribution in [0, 0.1) is 18.3 Å². The second-order valence-corrected chi connectivity index (χ2v) is 5.25. The van der Waals surface area contributed by atoms with E-state index in [0.29, 0.717) is 5.69 Å². The molecule has 1 aromatic heterocycles. The fraction of sp³-hybridized carbons (Fsp3) is 0.375. The zero-order valence-electron chi connectivity index (χ0n) is 11.7. The lowest BCUT2D eigenvalue weighted by atomic mass is 10.1. The molecular formula is C16H18N4.